The average Bonchev–Trinajstić information content (AvgIpc) is 2.60. The normalized spacial score (nSPS) is 23.7. The summed E-state index contributed by atoms with van der Waals surface area (Å²) in [7, 11) is 0. The Bertz CT molecular complexity index is 804. The second kappa shape index (κ2) is 7.62. The Balaban J connectivity index is 1.94. The van der Waals surface area contributed by atoms with Crippen LogP contribution in [0, 0.1) is 16.0 Å². The van der Waals surface area contributed by atoms with Crippen LogP contribution in [-0.2, 0) is 4.79 Å². The molecule has 1 fully saturated rings. The fourth-order valence-corrected chi connectivity index (χ4v) is 3.76. The SMILES string of the molecule is O=C1C[C@@H](/C=C/c2ccccc2)[C@@H]([N+](=O)[O-])[C@H](c2ccccc2Cl)C1. The topological polar surface area (TPSA) is 60.2 Å². The highest BCUT2D eigenvalue weighted by atomic mass is 35.5. The Morgan fingerprint density at radius 3 is 2.40 bits per heavy atom. The van der Waals surface area contributed by atoms with E-state index in [0.717, 1.165) is 5.56 Å². The lowest BCUT2D eigenvalue weighted by molar-refractivity contribution is -0.535. The molecule has 0 unspecified atom stereocenters. The number of ketones is 1. The molecule has 128 valence electrons. The Morgan fingerprint density at radius 1 is 1.04 bits per heavy atom. The van der Waals surface area contributed by atoms with Gasteiger partial charge in [-0.15, -0.1) is 0 Å². The predicted octanol–water partition coefficient (Wildman–Crippen LogP) is 4.76. The van der Waals surface area contributed by atoms with E-state index in [-0.39, 0.29) is 23.5 Å². The van der Waals surface area contributed by atoms with Crippen molar-refractivity contribution < 1.29 is 9.72 Å². The molecule has 2 aromatic rings. The summed E-state index contributed by atoms with van der Waals surface area (Å²) >= 11 is 6.24. The molecule has 0 spiro atoms. The molecule has 25 heavy (non-hydrogen) atoms. The Labute approximate surface area is 151 Å². The van der Waals surface area contributed by atoms with Gasteiger partial charge in [0.2, 0.25) is 6.04 Å². The van der Waals surface area contributed by atoms with Crippen molar-refractivity contribution in [3.63, 3.8) is 0 Å². The minimum Gasteiger partial charge on any atom is -0.300 e. The van der Waals surface area contributed by atoms with Gasteiger partial charge in [0, 0.05) is 22.8 Å². The largest absolute Gasteiger partial charge is 0.300 e. The van der Waals surface area contributed by atoms with E-state index in [4.69, 9.17) is 11.6 Å². The van der Waals surface area contributed by atoms with Crippen molar-refractivity contribution in [1.29, 1.82) is 0 Å². The number of halogens is 1. The molecular weight excluding hydrogens is 338 g/mol. The van der Waals surface area contributed by atoms with E-state index in [1.807, 2.05) is 36.4 Å². The van der Waals surface area contributed by atoms with Gasteiger partial charge in [0.1, 0.15) is 5.78 Å². The zero-order chi connectivity index (χ0) is 17.8. The Kier molecular flexibility index (Phi) is 5.29. The predicted molar refractivity (Wildman–Crippen MR) is 98.2 cm³/mol. The second-order valence-corrected chi connectivity index (χ2v) is 6.69. The van der Waals surface area contributed by atoms with Gasteiger partial charge in [0.05, 0.1) is 11.8 Å². The Morgan fingerprint density at radius 2 is 1.72 bits per heavy atom. The molecule has 1 aliphatic rings. The van der Waals surface area contributed by atoms with Crippen LogP contribution in [0.2, 0.25) is 5.02 Å². The monoisotopic (exact) mass is 355 g/mol. The molecule has 4 nitrogen and oxygen atoms in total. The molecule has 3 rings (SSSR count). The van der Waals surface area contributed by atoms with Crippen molar-refractivity contribution in [2.24, 2.45) is 5.92 Å². The quantitative estimate of drug-likeness (QED) is 0.586. The molecule has 1 aliphatic carbocycles. The van der Waals surface area contributed by atoms with Gasteiger partial charge in [-0.2, -0.15) is 0 Å². The van der Waals surface area contributed by atoms with Crippen molar-refractivity contribution in [2.45, 2.75) is 24.8 Å². The standard InChI is InChI=1S/C20H18ClNO3/c21-19-9-5-4-8-17(19)18-13-16(23)12-15(20(18)22(24)25)11-10-14-6-2-1-3-7-14/h1-11,15,18,20H,12-13H2/b11-10+/t15-,18+,20-/m1/s1. The highest BCUT2D eigenvalue weighted by molar-refractivity contribution is 6.31. The van der Waals surface area contributed by atoms with Gasteiger partial charge in [-0.1, -0.05) is 72.3 Å². The fraction of sp³-hybridized carbons (Fsp3) is 0.250. The van der Waals surface area contributed by atoms with Crippen LogP contribution in [0.1, 0.15) is 29.9 Å². The summed E-state index contributed by atoms with van der Waals surface area (Å²) in [6, 6.07) is 15.8. The van der Waals surface area contributed by atoms with Crippen LogP contribution < -0.4 is 0 Å². The molecule has 0 amide bonds. The maximum atomic E-state index is 12.2. The first-order valence-corrected chi connectivity index (χ1v) is 8.57. The first kappa shape index (κ1) is 17.4. The van der Waals surface area contributed by atoms with Crippen LogP contribution >= 0.6 is 11.6 Å². The van der Waals surface area contributed by atoms with Crippen LogP contribution in [0.3, 0.4) is 0 Å². The van der Waals surface area contributed by atoms with E-state index >= 15 is 0 Å². The van der Waals surface area contributed by atoms with Gasteiger partial charge in [-0.25, -0.2) is 0 Å². The van der Waals surface area contributed by atoms with Gasteiger partial charge in [0.15, 0.2) is 0 Å². The molecule has 0 N–H and O–H groups in total. The van der Waals surface area contributed by atoms with Crippen molar-refractivity contribution >= 4 is 23.5 Å². The first-order chi connectivity index (χ1) is 12.1. The average molecular weight is 356 g/mol. The van der Waals surface area contributed by atoms with Crippen LogP contribution in [0.25, 0.3) is 6.08 Å². The number of rotatable bonds is 4. The number of nitrogens with zero attached hydrogens (tertiary/aromatic N) is 1. The lowest BCUT2D eigenvalue weighted by atomic mass is 9.73. The zero-order valence-corrected chi connectivity index (χ0v) is 14.3. The van der Waals surface area contributed by atoms with Gasteiger partial charge in [-0.05, 0) is 17.2 Å². The van der Waals surface area contributed by atoms with Gasteiger partial charge in [-0.3, -0.25) is 14.9 Å². The van der Waals surface area contributed by atoms with E-state index in [0.29, 0.717) is 10.6 Å². The highest BCUT2D eigenvalue weighted by Crippen LogP contribution is 2.40. The van der Waals surface area contributed by atoms with Gasteiger partial charge in [0.25, 0.3) is 0 Å². The maximum absolute atomic E-state index is 12.2. The smallest absolute Gasteiger partial charge is 0.226 e. The third-order valence-electron chi connectivity index (χ3n) is 4.65. The van der Waals surface area contributed by atoms with Crippen molar-refractivity contribution in [3.05, 3.63) is 86.9 Å². The van der Waals surface area contributed by atoms with Crippen LogP contribution in [0.4, 0.5) is 0 Å². The number of benzene rings is 2. The number of carbonyl (C=O) groups is 1. The van der Waals surface area contributed by atoms with Crippen molar-refractivity contribution in [2.75, 3.05) is 0 Å². The molecule has 1 saturated carbocycles. The minimum atomic E-state index is -0.863. The summed E-state index contributed by atoms with van der Waals surface area (Å²) in [5, 5.41) is 12.3. The van der Waals surface area contributed by atoms with Crippen LogP contribution in [0.15, 0.2) is 60.7 Å². The fourth-order valence-electron chi connectivity index (χ4n) is 3.49. The van der Waals surface area contributed by atoms with E-state index in [2.05, 4.69) is 0 Å². The molecule has 0 radical (unpaired) electrons. The molecule has 0 bridgehead atoms. The third-order valence-corrected chi connectivity index (χ3v) is 4.99. The maximum Gasteiger partial charge on any atom is 0.226 e. The number of Topliss-reactive ketones (excluding diaryl/α,β-unsaturated/α-hetero) is 1. The van der Waals surface area contributed by atoms with E-state index in [1.165, 1.54) is 0 Å². The third kappa shape index (κ3) is 3.97. The number of hydrogen-bond acceptors (Lipinski definition) is 3. The number of hydrogen-bond donors (Lipinski definition) is 0. The van der Waals surface area contributed by atoms with E-state index in [1.54, 1.807) is 30.3 Å². The summed E-state index contributed by atoms with van der Waals surface area (Å²) in [5.41, 5.74) is 1.63. The molecule has 0 aliphatic heterocycles. The molecule has 0 heterocycles. The molecule has 0 aromatic heterocycles. The van der Waals surface area contributed by atoms with Gasteiger partial charge < -0.3 is 0 Å². The molecule has 2 aromatic carbocycles. The molecule has 0 saturated heterocycles. The molecule has 3 atom stereocenters. The number of nitro groups is 1. The molecular formula is C20H18ClNO3. The van der Waals surface area contributed by atoms with E-state index < -0.39 is 17.9 Å². The van der Waals surface area contributed by atoms with Crippen LogP contribution in [-0.4, -0.2) is 16.7 Å². The second-order valence-electron chi connectivity index (χ2n) is 6.28. The molecule has 5 heteroatoms. The van der Waals surface area contributed by atoms with Crippen molar-refractivity contribution in [1.82, 2.24) is 0 Å². The van der Waals surface area contributed by atoms with Crippen molar-refractivity contribution in [3.8, 4) is 0 Å². The summed E-state index contributed by atoms with van der Waals surface area (Å²) in [6.45, 7) is 0. The lowest BCUT2D eigenvalue weighted by Crippen LogP contribution is -2.40. The van der Waals surface area contributed by atoms with Gasteiger partial charge >= 0.3 is 0 Å². The highest BCUT2D eigenvalue weighted by Gasteiger charge is 2.45. The Hall–Kier alpha value is -2.46. The minimum absolute atomic E-state index is 0.0331. The summed E-state index contributed by atoms with van der Waals surface area (Å²) < 4.78 is 0. The number of carbonyl (C=O) groups excluding carboxylic acids is 1. The first-order valence-electron chi connectivity index (χ1n) is 8.19. The van der Waals surface area contributed by atoms with E-state index in [9.17, 15) is 14.9 Å². The zero-order valence-electron chi connectivity index (χ0n) is 13.5. The lowest BCUT2D eigenvalue weighted by Gasteiger charge is -2.30. The summed E-state index contributed by atoms with van der Waals surface area (Å²) in [4.78, 5) is 23.8. The van der Waals surface area contributed by atoms with Crippen LogP contribution in [0.5, 0.6) is 0 Å². The summed E-state index contributed by atoms with van der Waals surface area (Å²) in [6.07, 6.45) is 3.99. The summed E-state index contributed by atoms with van der Waals surface area (Å²) in [5.74, 6) is -0.918.